The number of esters is 1. The Morgan fingerprint density at radius 3 is 1.92 bits per heavy atom. The molecule has 2 aliphatic carbocycles. The van der Waals surface area contributed by atoms with Gasteiger partial charge < -0.3 is 10.1 Å². The van der Waals surface area contributed by atoms with Crippen LogP contribution in [0.25, 0.3) is 0 Å². The summed E-state index contributed by atoms with van der Waals surface area (Å²) in [4.78, 5) is 38.7. The van der Waals surface area contributed by atoms with E-state index in [-0.39, 0.29) is 23.6 Å². The lowest BCUT2D eigenvalue weighted by Gasteiger charge is -2.62. The highest BCUT2D eigenvalue weighted by molar-refractivity contribution is 6.11. The Labute approximate surface area is 151 Å². The first-order chi connectivity index (χ1) is 11.3. The predicted molar refractivity (Wildman–Crippen MR) is 95.9 cm³/mol. The van der Waals surface area contributed by atoms with E-state index in [0.29, 0.717) is 0 Å². The third-order valence-corrected chi connectivity index (χ3v) is 5.90. The van der Waals surface area contributed by atoms with Crippen LogP contribution in [-0.4, -0.2) is 28.8 Å². The summed E-state index contributed by atoms with van der Waals surface area (Å²) < 4.78 is 5.95. The normalized spacial score (nSPS) is 25.0. The maximum absolute atomic E-state index is 13.2. The molecule has 1 amide bonds. The number of ether oxygens (including phenoxy) is 1. The van der Waals surface area contributed by atoms with Gasteiger partial charge in [-0.15, -0.1) is 0 Å². The zero-order valence-corrected chi connectivity index (χ0v) is 16.7. The zero-order valence-electron chi connectivity index (χ0n) is 16.7. The summed E-state index contributed by atoms with van der Waals surface area (Å²) in [5, 5.41) is 2.93. The number of carbonyl (C=O) groups excluding carboxylic acids is 3. The molecule has 2 fully saturated rings. The summed E-state index contributed by atoms with van der Waals surface area (Å²) in [7, 11) is 0. The van der Waals surface area contributed by atoms with Crippen LogP contribution in [0.5, 0.6) is 0 Å². The number of Topliss-reactive ketones (excluding diaryl/α,β-unsaturated/α-hetero) is 1. The van der Waals surface area contributed by atoms with Crippen LogP contribution in [0, 0.1) is 16.7 Å². The summed E-state index contributed by atoms with van der Waals surface area (Å²) in [5.41, 5.74) is -4.04. The molecule has 0 aromatic rings. The average molecular weight is 351 g/mol. The number of hydrogen-bond donors (Lipinski definition) is 1. The monoisotopic (exact) mass is 351 g/mol. The molecule has 0 aliphatic heterocycles. The first kappa shape index (κ1) is 19.9. The van der Waals surface area contributed by atoms with E-state index in [2.05, 4.69) is 5.32 Å². The Morgan fingerprint density at radius 1 is 1.00 bits per heavy atom. The van der Waals surface area contributed by atoms with Gasteiger partial charge in [0.05, 0.1) is 16.7 Å². The topological polar surface area (TPSA) is 72.5 Å². The fraction of sp³-hybridized carbons (Fsp3) is 0.850. The lowest BCUT2D eigenvalue weighted by molar-refractivity contribution is -0.239. The summed E-state index contributed by atoms with van der Waals surface area (Å²) in [5.74, 6) is -0.938. The predicted octanol–water partition coefficient (Wildman–Crippen LogP) is 3.40. The first-order valence-electron chi connectivity index (χ1n) is 9.38. The van der Waals surface area contributed by atoms with E-state index < -0.39 is 22.0 Å². The summed E-state index contributed by atoms with van der Waals surface area (Å²) >= 11 is 0. The van der Waals surface area contributed by atoms with E-state index in [9.17, 15) is 14.4 Å². The molecule has 0 saturated heterocycles. The van der Waals surface area contributed by atoms with Gasteiger partial charge in [0.1, 0.15) is 0 Å². The van der Waals surface area contributed by atoms with Crippen LogP contribution in [0.3, 0.4) is 0 Å². The van der Waals surface area contributed by atoms with Crippen molar-refractivity contribution in [2.45, 2.75) is 91.7 Å². The summed E-state index contributed by atoms with van der Waals surface area (Å²) in [6.45, 7) is 12.5. The Balaban J connectivity index is 2.38. The number of ketones is 1. The van der Waals surface area contributed by atoms with Gasteiger partial charge in [-0.1, -0.05) is 19.3 Å². The SMILES string of the molecule is CC(C)(C)NC(=O)C1(OC(=O)C2CCCCC2)C(C)(C)C(=O)C1(C)C. The largest absolute Gasteiger partial charge is 0.447 e. The summed E-state index contributed by atoms with van der Waals surface area (Å²) in [6, 6.07) is 0. The number of hydrogen-bond acceptors (Lipinski definition) is 4. The van der Waals surface area contributed by atoms with Gasteiger partial charge in [-0.2, -0.15) is 0 Å². The molecule has 5 nitrogen and oxygen atoms in total. The van der Waals surface area contributed by atoms with Gasteiger partial charge in [0, 0.05) is 5.54 Å². The van der Waals surface area contributed by atoms with Crippen LogP contribution in [0.2, 0.25) is 0 Å². The Kier molecular flexibility index (Phi) is 4.86. The van der Waals surface area contributed by atoms with Gasteiger partial charge in [0.15, 0.2) is 5.78 Å². The van der Waals surface area contributed by atoms with Gasteiger partial charge in [0.2, 0.25) is 5.60 Å². The molecular weight excluding hydrogens is 318 g/mol. The van der Waals surface area contributed by atoms with Crippen molar-refractivity contribution < 1.29 is 19.1 Å². The first-order valence-corrected chi connectivity index (χ1v) is 9.38. The molecule has 25 heavy (non-hydrogen) atoms. The summed E-state index contributed by atoms with van der Waals surface area (Å²) in [6.07, 6.45) is 4.74. The van der Waals surface area contributed by atoms with E-state index in [1.807, 2.05) is 20.8 Å². The van der Waals surface area contributed by atoms with Crippen molar-refractivity contribution >= 4 is 17.7 Å². The quantitative estimate of drug-likeness (QED) is 0.791. The van der Waals surface area contributed by atoms with Crippen LogP contribution >= 0.6 is 0 Å². The van der Waals surface area contributed by atoms with Crippen molar-refractivity contribution in [1.82, 2.24) is 5.32 Å². The van der Waals surface area contributed by atoms with Gasteiger partial charge in [-0.3, -0.25) is 14.4 Å². The molecule has 0 unspecified atom stereocenters. The molecule has 5 heteroatoms. The van der Waals surface area contributed by atoms with Crippen molar-refractivity contribution in [2.75, 3.05) is 0 Å². The van der Waals surface area contributed by atoms with Crippen molar-refractivity contribution in [2.24, 2.45) is 16.7 Å². The van der Waals surface area contributed by atoms with E-state index in [4.69, 9.17) is 4.74 Å². The second-order valence-electron chi connectivity index (χ2n) is 9.72. The molecule has 0 aromatic heterocycles. The molecule has 1 N–H and O–H groups in total. The fourth-order valence-electron chi connectivity index (χ4n) is 4.69. The van der Waals surface area contributed by atoms with Gasteiger partial charge in [-0.05, 0) is 61.3 Å². The number of nitrogens with one attached hydrogen (secondary N) is 1. The lowest BCUT2D eigenvalue weighted by atomic mass is 9.43. The van der Waals surface area contributed by atoms with Gasteiger partial charge in [0.25, 0.3) is 5.91 Å². The lowest BCUT2D eigenvalue weighted by Crippen LogP contribution is -2.81. The molecule has 0 radical (unpaired) electrons. The Morgan fingerprint density at radius 2 is 1.48 bits per heavy atom. The van der Waals surface area contributed by atoms with Crippen molar-refractivity contribution in [3.05, 3.63) is 0 Å². The highest BCUT2D eigenvalue weighted by Crippen LogP contribution is 2.61. The maximum Gasteiger partial charge on any atom is 0.310 e. The number of rotatable bonds is 3. The molecular formula is C20H33NO4. The molecule has 2 rings (SSSR count). The Hall–Kier alpha value is -1.39. The van der Waals surface area contributed by atoms with Crippen LogP contribution < -0.4 is 5.32 Å². The van der Waals surface area contributed by atoms with Crippen molar-refractivity contribution in [3.63, 3.8) is 0 Å². The molecule has 2 saturated carbocycles. The van der Waals surface area contributed by atoms with Crippen LogP contribution in [0.1, 0.15) is 80.6 Å². The minimum Gasteiger partial charge on any atom is -0.447 e. The van der Waals surface area contributed by atoms with Crippen LogP contribution in [-0.2, 0) is 19.1 Å². The van der Waals surface area contributed by atoms with Gasteiger partial charge in [-0.25, -0.2) is 0 Å². The smallest absolute Gasteiger partial charge is 0.310 e. The average Bonchev–Trinajstić information content (AvgIpc) is 2.49. The minimum atomic E-state index is -1.47. The fourth-order valence-corrected chi connectivity index (χ4v) is 4.69. The third kappa shape index (κ3) is 3.00. The van der Waals surface area contributed by atoms with Crippen molar-refractivity contribution in [3.8, 4) is 0 Å². The van der Waals surface area contributed by atoms with E-state index >= 15 is 0 Å². The third-order valence-electron chi connectivity index (χ3n) is 5.90. The highest BCUT2D eigenvalue weighted by atomic mass is 16.6. The van der Waals surface area contributed by atoms with Gasteiger partial charge >= 0.3 is 5.97 Å². The molecule has 0 spiro atoms. The Bertz CT molecular complexity index is 559. The molecule has 0 atom stereocenters. The standard InChI is InChI=1S/C20H33NO4/c1-17(2,3)21-16(24)20(18(4,5)15(23)19(20,6)7)25-14(22)13-11-9-8-10-12-13/h13H,8-12H2,1-7H3,(H,21,24). The molecule has 142 valence electrons. The molecule has 0 heterocycles. The molecule has 0 bridgehead atoms. The zero-order chi connectivity index (χ0) is 19.3. The van der Waals surface area contributed by atoms with E-state index in [1.165, 1.54) is 0 Å². The number of amides is 1. The molecule has 2 aliphatic rings. The maximum atomic E-state index is 13.2. The van der Waals surface area contributed by atoms with Crippen LogP contribution in [0.4, 0.5) is 0 Å². The van der Waals surface area contributed by atoms with Crippen molar-refractivity contribution in [1.29, 1.82) is 0 Å². The van der Waals surface area contributed by atoms with E-state index in [1.54, 1.807) is 27.7 Å². The second kappa shape index (κ2) is 6.10. The van der Waals surface area contributed by atoms with E-state index in [0.717, 1.165) is 32.1 Å². The van der Waals surface area contributed by atoms with Crippen LogP contribution in [0.15, 0.2) is 0 Å². The number of carbonyl (C=O) groups is 3. The molecule has 0 aromatic carbocycles. The second-order valence-corrected chi connectivity index (χ2v) is 9.72. The highest BCUT2D eigenvalue weighted by Gasteiger charge is 2.79. The minimum absolute atomic E-state index is 0.0551.